The van der Waals surface area contributed by atoms with Crippen molar-refractivity contribution < 1.29 is 4.79 Å². The van der Waals surface area contributed by atoms with Crippen LogP contribution >= 0.6 is 0 Å². The maximum absolute atomic E-state index is 12.5. The topological polar surface area (TPSA) is 59.3 Å². The molecule has 0 spiro atoms. The molecule has 0 bridgehead atoms. The van der Waals surface area contributed by atoms with Crippen molar-refractivity contribution >= 4 is 11.6 Å². The van der Waals surface area contributed by atoms with Crippen LogP contribution in [0.25, 0.3) is 5.65 Å². The Morgan fingerprint density at radius 3 is 2.67 bits per heavy atom. The van der Waals surface area contributed by atoms with E-state index in [0.29, 0.717) is 17.3 Å². The van der Waals surface area contributed by atoms with Crippen molar-refractivity contribution in [2.45, 2.75) is 37.6 Å². The number of nitrogens with zero attached hydrogens (tertiary/aromatic N) is 3. The minimum absolute atomic E-state index is 0.0585. The van der Waals surface area contributed by atoms with Crippen LogP contribution in [0.2, 0.25) is 0 Å². The largest absolute Gasteiger partial charge is 0.348 e. The van der Waals surface area contributed by atoms with Gasteiger partial charge in [-0.1, -0.05) is 30.3 Å². The highest BCUT2D eigenvalue weighted by Crippen LogP contribution is 2.32. The van der Waals surface area contributed by atoms with E-state index < -0.39 is 0 Å². The molecule has 0 unspecified atom stereocenters. The van der Waals surface area contributed by atoms with Gasteiger partial charge in [-0.25, -0.2) is 4.98 Å². The highest BCUT2D eigenvalue weighted by atomic mass is 16.2. The summed E-state index contributed by atoms with van der Waals surface area (Å²) in [7, 11) is 0. The van der Waals surface area contributed by atoms with Crippen LogP contribution in [0.5, 0.6) is 0 Å². The average molecular weight is 320 g/mol. The lowest BCUT2D eigenvalue weighted by molar-refractivity contribution is 0.0920. The van der Waals surface area contributed by atoms with Crippen molar-refractivity contribution in [1.29, 1.82) is 0 Å². The number of fused-ring (bicyclic) bond motifs is 1. The highest BCUT2D eigenvalue weighted by molar-refractivity contribution is 5.93. The molecule has 3 aromatic rings. The Balaban J connectivity index is 1.39. The molecule has 0 radical (unpaired) electrons. The highest BCUT2D eigenvalue weighted by Gasteiger charge is 2.24. The summed E-state index contributed by atoms with van der Waals surface area (Å²) in [6, 6.07) is 10.9. The van der Waals surface area contributed by atoms with Gasteiger partial charge in [0, 0.05) is 18.4 Å². The summed E-state index contributed by atoms with van der Waals surface area (Å²) in [6.07, 6.45) is 11.0. The fraction of sp³-hybridized carbons (Fsp3) is 0.316. The van der Waals surface area contributed by atoms with Crippen LogP contribution in [0.3, 0.4) is 0 Å². The van der Waals surface area contributed by atoms with E-state index in [1.165, 1.54) is 5.56 Å². The van der Waals surface area contributed by atoms with Crippen molar-refractivity contribution in [2.75, 3.05) is 0 Å². The predicted molar refractivity (Wildman–Crippen MR) is 91.9 cm³/mol. The first-order valence-corrected chi connectivity index (χ1v) is 8.44. The standard InChI is InChI=1S/C19H20N4O/c24-19(17-12-21-18-13-20-10-11-23(17)18)22-16-8-6-15(7-9-16)14-4-2-1-3-5-14/h1-5,10-13,15-16H,6-9H2,(H,22,24). The minimum atomic E-state index is -0.0585. The zero-order valence-corrected chi connectivity index (χ0v) is 13.4. The molecule has 1 N–H and O–H groups in total. The smallest absolute Gasteiger partial charge is 0.270 e. The Hall–Kier alpha value is -2.69. The van der Waals surface area contributed by atoms with E-state index >= 15 is 0 Å². The number of aromatic nitrogens is 3. The summed E-state index contributed by atoms with van der Waals surface area (Å²) < 4.78 is 1.78. The van der Waals surface area contributed by atoms with Gasteiger partial charge >= 0.3 is 0 Å². The van der Waals surface area contributed by atoms with Gasteiger partial charge in [-0.05, 0) is 37.2 Å². The van der Waals surface area contributed by atoms with E-state index in [1.54, 1.807) is 29.2 Å². The van der Waals surface area contributed by atoms with Crippen LogP contribution in [0.15, 0.2) is 55.1 Å². The molecule has 24 heavy (non-hydrogen) atoms. The molecule has 1 fully saturated rings. The van der Waals surface area contributed by atoms with Gasteiger partial charge in [0.15, 0.2) is 5.65 Å². The lowest BCUT2D eigenvalue weighted by Crippen LogP contribution is -2.37. The molecule has 1 saturated carbocycles. The number of carbonyl (C=O) groups excluding carboxylic acids is 1. The lowest BCUT2D eigenvalue weighted by atomic mass is 9.82. The summed E-state index contributed by atoms with van der Waals surface area (Å²) in [5.41, 5.74) is 2.67. The number of hydrogen-bond acceptors (Lipinski definition) is 3. The second-order valence-corrected chi connectivity index (χ2v) is 6.38. The number of hydrogen-bond donors (Lipinski definition) is 1. The maximum Gasteiger partial charge on any atom is 0.270 e. The van der Waals surface area contributed by atoms with Crippen molar-refractivity contribution in [2.24, 2.45) is 0 Å². The molecular weight excluding hydrogens is 300 g/mol. The van der Waals surface area contributed by atoms with Crippen LogP contribution in [0, 0.1) is 0 Å². The predicted octanol–water partition coefficient (Wildman–Crippen LogP) is 3.19. The molecule has 0 saturated heterocycles. The first kappa shape index (κ1) is 14.9. The zero-order valence-electron chi connectivity index (χ0n) is 13.4. The van der Waals surface area contributed by atoms with E-state index in [2.05, 4.69) is 45.6 Å². The Bertz CT molecular complexity index is 835. The molecule has 1 aromatic carbocycles. The van der Waals surface area contributed by atoms with Crippen molar-refractivity contribution in [3.63, 3.8) is 0 Å². The van der Waals surface area contributed by atoms with Crippen LogP contribution < -0.4 is 5.32 Å². The Morgan fingerprint density at radius 1 is 1.08 bits per heavy atom. The Kier molecular flexibility index (Phi) is 3.99. The molecule has 2 aromatic heterocycles. The molecule has 122 valence electrons. The molecule has 0 aliphatic heterocycles. The SMILES string of the molecule is O=C(NC1CCC(c2ccccc2)CC1)c1cnc2cnccn12. The van der Waals surface area contributed by atoms with E-state index in [4.69, 9.17) is 0 Å². The van der Waals surface area contributed by atoms with Crippen molar-refractivity contribution in [3.05, 3.63) is 66.4 Å². The molecule has 1 aliphatic rings. The first-order valence-electron chi connectivity index (χ1n) is 8.44. The zero-order chi connectivity index (χ0) is 16.4. The molecule has 4 rings (SSSR count). The van der Waals surface area contributed by atoms with Gasteiger partial charge in [0.05, 0.1) is 12.4 Å². The molecule has 1 amide bonds. The fourth-order valence-electron chi connectivity index (χ4n) is 3.57. The number of carbonyl (C=O) groups is 1. The van der Waals surface area contributed by atoms with Gasteiger partial charge in [0.1, 0.15) is 5.69 Å². The molecular formula is C19H20N4O. The summed E-state index contributed by atoms with van der Waals surface area (Å²) >= 11 is 0. The van der Waals surface area contributed by atoms with Crippen LogP contribution in [-0.4, -0.2) is 26.3 Å². The molecule has 0 atom stereocenters. The second kappa shape index (κ2) is 6.43. The molecule has 2 heterocycles. The third-order valence-electron chi connectivity index (χ3n) is 4.88. The number of imidazole rings is 1. The van der Waals surface area contributed by atoms with Gasteiger partial charge in [0.2, 0.25) is 0 Å². The van der Waals surface area contributed by atoms with Gasteiger partial charge in [-0.15, -0.1) is 0 Å². The molecule has 1 aliphatic carbocycles. The monoisotopic (exact) mass is 320 g/mol. The van der Waals surface area contributed by atoms with Gasteiger partial charge in [-0.2, -0.15) is 0 Å². The van der Waals surface area contributed by atoms with Crippen molar-refractivity contribution in [1.82, 2.24) is 19.7 Å². The van der Waals surface area contributed by atoms with Gasteiger partial charge in [-0.3, -0.25) is 14.2 Å². The van der Waals surface area contributed by atoms with Crippen molar-refractivity contribution in [3.8, 4) is 0 Å². The number of nitrogens with one attached hydrogen (secondary N) is 1. The van der Waals surface area contributed by atoms with E-state index in [9.17, 15) is 4.79 Å². The average Bonchev–Trinajstić information content (AvgIpc) is 3.07. The summed E-state index contributed by atoms with van der Waals surface area (Å²) in [4.78, 5) is 20.8. The van der Waals surface area contributed by atoms with Gasteiger partial charge < -0.3 is 5.32 Å². The summed E-state index contributed by atoms with van der Waals surface area (Å²) in [5.74, 6) is 0.554. The fourth-order valence-corrected chi connectivity index (χ4v) is 3.57. The van der Waals surface area contributed by atoms with Gasteiger partial charge in [0.25, 0.3) is 5.91 Å². The third kappa shape index (κ3) is 2.89. The van der Waals surface area contributed by atoms with Crippen LogP contribution in [-0.2, 0) is 0 Å². The number of benzene rings is 1. The van der Waals surface area contributed by atoms with E-state index in [-0.39, 0.29) is 11.9 Å². The normalized spacial score (nSPS) is 20.8. The number of amides is 1. The summed E-state index contributed by atoms with van der Waals surface area (Å²) in [5, 5.41) is 3.17. The summed E-state index contributed by atoms with van der Waals surface area (Å²) in [6.45, 7) is 0. The van der Waals surface area contributed by atoms with E-state index in [0.717, 1.165) is 25.7 Å². The first-order chi connectivity index (χ1) is 11.8. The number of rotatable bonds is 3. The second-order valence-electron chi connectivity index (χ2n) is 6.38. The molecule has 5 heteroatoms. The quantitative estimate of drug-likeness (QED) is 0.806. The third-order valence-corrected chi connectivity index (χ3v) is 4.88. The maximum atomic E-state index is 12.5. The molecule has 5 nitrogen and oxygen atoms in total. The van der Waals surface area contributed by atoms with E-state index in [1.807, 2.05) is 0 Å². The van der Waals surface area contributed by atoms with Crippen LogP contribution in [0.1, 0.15) is 47.7 Å². The Morgan fingerprint density at radius 2 is 1.88 bits per heavy atom. The minimum Gasteiger partial charge on any atom is -0.348 e. The van der Waals surface area contributed by atoms with Crippen LogP contribution in [0.4, 0.5) is 0 Å². The Labute approximate surface area is 140 Å². The lowest BCUT2D eigenvalue weighted by Gasteiger charge is -2.29.